The zero-order valence-corrected chi connectivity index (χ0v) is 13.2. The lowest BCUT2D eigenvalue weighted by atomic mass is 10.00. The van der Waals surface area contributed by atoms with Crippen molar-refractivity contribution in [2.24, 2.45) is 5.73 Å². The smallest absolute Gasteiger partial charge is 0.410 e. The van der Waals surface area contributed by atoms with Crippen LogP contribution in [0.5, 0.6) is 0 Å². The lowest BCUT2D eigenvalue weighted by Crippen LogP contribution is -2.36. The molecule has 116 valence electrons. The van der Waals surface area contributed by atoms with Crippen molar-refractivity contribution in [2.75, 3.05) is 6.54 Å². The van der Waals surface area contributed by atoms with Gasteiger partial charge in [-0.3, -0.25) is 0 Å². The summed E-state index contributed by atoms with van der Waals surface area (Å²) >= 11 is 6.11. The highest BCUT2D eigenvalue weighted by Crippen LogP contribution is 2.31. The van der Waals surface area contributed by atoms with Crippen molar-refractivity contribution in [2.45, 2.75) is 45.4 Å². The summed E-state index contributed by atoms with van der Waals surface area (Å²) < 4.78 is 18.9. The molecule has 1 atom stereocenters. The Morgan fingerprint density at radius 1 is 1.48 bits per heavy atom. The monoisotopic (exact) mass is 314 g/mol. The van der Waals surface area contributed by atoms with E-state index in [2.05, 4.69) is 0 Å². The largest absolute Gasteiger partial charge is 0.444 e. The van der Waals surface area contributed by atoms with Gasteiger partial charge in [0, 0.05) is 17.6 Å². The van der Waals surface area contributed by atoms with Crippen molar-refractivity contribution in [3.05, 3.63) is 34.1 Å². The number of halogens is 2. The first kappa shape index (κ1) is 16.0. The molecular weight excluding hydrogens is 295 g/mol. The molecule has 0 radical (unpaired) electrons. The molecule has 1 aromatic carbocycles. The summed E-state index contributed by atoms with van der Waals surface area (Å²) in [4.78, 5) is 13.8. The molecule has 1 amide bonds. The summed E-state index contributed by atoms with van der Waals surface area (Å²) in [5, 5.41) is 0.288. The first-order valence-corrected chi connectivity index (χ1v) is 7.26. The van der Waals surface area contributed by atoms with Crippen LogP contribution >= 0.6 is 11.6 Å². The second-order valence-electron chi connectivity index (χ2n) is 6.25. The van der Waals surface area contributed by atoms with Crippen LogP contribution in [-0.4, -0.2) is 23.1 Å². The molecule has 0 saturated heterocycles. The Balaban J connectivity index is 2.29. The zero-order chi connectivity index (χ0) is 15.8. The molecule has 1 aliphatic rings. The molecule has 2 N–H and O–H groups in total. The topological polar surface area (TPSA) is 55.6 Å². The van der Waals surface area contributed by atoms with E-state index in [-0.39, 0.29) is 17.6 Å². The first-order valence-electron chi connectivity index (χ1n) is 6.88. The highest BCUT2D eigenvalue weighted by Gasteiger charge is 2.28. The number of nitrogens with zero attached hydrogens (tertiary/aromatic N) is 1. The molecule has 1 aliphatic heterocycles. The fraction of sp³-hybridized carbons (Fsp3) is 0.533. The van der Waals surface area contributed by atoms with Gasteiger partial charge in [-0.05, 0) is 50.5 Å². The van der Waals surface area contributed by atoms with E-state index in [0.29, 0.717) is 24.1 Å². The van der Waals surface area contributed by atoms with Crippen LogP contribution in [0.4, 0.5) is 9.18 Å². The maximum absolute atomic E-state index is 13.5. The molecule has 0 saturated carbocycles. The van der Waals surface area contributed by atoms with E-state index >= 15 is 0 Å². The summed E-state index contributed by atoms with van der Waals surface area (Å²) in [5.41, 5.74) is 6.85. The van der Waals surface area contributed by atoms with Crippen molar-refractivity contribution in [1.29, 1.82) is 0 Å². The van der Waals surface area contributed by atoms with E-state index in [1.807, 2.05) is 20.8 Å². The minimum absolute atomic E-state index is 0.275. The van der Waals surface area contributed by atoms with Gasteiger partial charge in [-0.25, -0.2) is 9.18 Å². The van der Waals surface area contributed by atoms with Crippen molar-refractivity contribution in [3.8, 4) is 0 Å². The molecule has 0 unspecified atom stereocenters. The molecule has 0 spiro atoms. The molecule has 1 heterocycles. The van der Waals surface area contributed by atoms with Gasteiger partial charge in [0.1, 0.15) is 11.4 Å². The standard InChI is InChI=1S/C15H20ClFN2O2/c1-15(2,3)21-14(20)19-5-4-13(18)10-6-9(17)7-12(16)11(10)8-19/h6-7,13H,4-5,8,18H2,1-3H3/t13-/m0/s1. The molecule has 0 fully saturated rings. The third kappa shape index (κ3) is 3.86. The van der Waals surface area contributed by atoms with E-state index in [9.17, 15) is 9.18 Å². The van der Waals surface area contributed by atoms with Crippen molar-refractivity contribution in [3.63, 3.8) is 0 Å². The van der Waals surface area contributed by atoms with Gasteiger partial charge in [-0.15, -0.1) is 0 Å². The lowest BCUT2D eigenvalue weighted by Gasteiger charge is -2.26. The van der Waals surface area contributed by atoms with E-state index in [4.69, 9.17) is 22.1 Å². The third-order valence-electron chi connectivity index (χ3n) is 3.30. The van der Waals surface area contributed by atoms with E-state index in [0.717, 1.165) is 0 Å². The fourth-order valence-corrected chi connectivity index (χ4v) is 2.60. The average molecular weight is 315 g/mol. The number of hydrogen-bond acceptors (Lipinski definition) is 3. The van der Waals surface area contributed by atoms with Gasteiger partial charge in [0.05, 0.1) is 6.54 Å². The van der Waals surface area contributed by atoms with Crippen LogP contribution in [0.25, 0.3) is 0 Å². The summed E-state index contributed by atoms with van der Waals surface area (Å²) in [6.45, 7) is 6.15. The number of carbonyl (C=O) groups is 1. The first-order chi connectivity index (χ1) is 9.67. The molecule has 0 bridgehead atoms. The Morgan fingerprint density at radius 3 is 2.76 bits per heavy atom. The number of benzene rings is 1. The van der Waals surface area contributed by atoms with Crippen molar-refractivity contribution >= 4 is 17.7 Å². The highest BCUT2D eigenvalue weighted by molar-refractivity contribution is 6.31. The normalized spacial score (nSPS) is 19.0. The summed E-state index contributed by atoms with van der Waals surface area (Å²) in [5.74, 6) is -0.417. The van der Waals surface area contributed by atoms with Crippen LogP contribution in [0.3, 0.4) is 0 Å². The van der Waals surface area contributed by atoms with E-state index in [1.54, 1.807) is 4.90 Å². The van der Waals surface area contributed by atoms with Gasteiger partial charge in [0.2, 0.25) is 0 Å². The zero-order valence-electron chi connectivity index (χ0n) is 12.5. The maximum Gasteiger partial charge on any atom is 0.410 e. The van der Waals surface area contributed by atoms with E-state index in [1.165, 1.54) is 12.1 Å². The molecule has 0 aliphatic carbocycles. The van der Waals surface area contributed by atoms with Crippen LogP contribution in [0.15, 0.2) is 12.1 Å². The van der Waals surface area contributed by atoms with Gasteiger partial charge in [0.25, 0.3) is 0 Å². The van der Waals surface area contributed by atoms with Gasteiger partial charge in [-0.1, -0.05) is 11.6 Å². The second-order valence-corrected chi connectivity index (χ2v) is 6.66. The number of fused-ring (bicyclic) bond motifs is 1. The molecular formula is C15H20ClFN2O2. The van der Waals surface area contributed by atoms with Crippen LogP contribution in [-0.2, 0) is 11.3 Å². The minimum atomic E-state index is -0.569. The fourth-order valence-electron chi connectivity index (χ4n) is 2.32. The second kappa shape index (κ2) is 5.81. The molecule has 4 nitrogen and oxygen atoms in total. The number of nitrogens with two attached hydrogens (primary N) is 1. The van der Waals surface area contributed by atoms with Gasteiger partial charge < -0.3 is 15.4 Å². The molecule has 1 aromatic rings. The molecule has 6 heteroatoms. The Hall–Kier alpha value is -1.33. The van der Waals surface area contributed by atoms with E-state index < -0.39 is 17.5 Å². The molecule has 21 heavy (non-hydrogen) atoms. The minimum Gasteiger partial charge on any atom is -0.444 e. The van der Waals surface area contributed by atoms with Gasteiger partial charge in [-0.2, -0.15) is 0 Å². The Kier molecular flexibility index (Phi) is 4.44. The summed E-state index contributed by atoms with van der Waals surface area (Å²) in [6.07, 6.45) is 0.120. The molecule has 2 rings (SSSR count). The van der Waals surface area contributed by atoms with Crippen LogP contribution < -0.4 is 5.73 Å². The van der Waals surface area contributed by atoms with Crippen molar-refractivity contribution < 1.29 is 13.9 Å². The predicted octanol–water partition coefficient (Wildman–Crippen LogP) is 3.62. The van der Waals surface area contributed by atoms with Crippen LogP contribution in [0.1, 0.15) is 44.4 Å². The lowest BCUT2D eigenvalue weighted by molar-refractivity contribution is 0.0235. The quantitative estimate of drug-likeness (QED) is 0.795. The van der Waals surface area contributed by atoms with Gasteiger partial charge >= 0.3 is 6.09 Å². The summed E-state index contributed by atoms with van der Waals surface area (Å²) in [6, 6.07) is 2.29. The summed E-state index contributed by atoms with van der Waals surface area (Å²) in [7, 11) is 0. The Labute approximate surface area is 129 Å². The van der Waals surface area contributed by atoms with Crippen LogP contribution in [0, 0.1) is 5.82 Å². The maximum atomic E-state index is 13.5. The van der Waals surface area contributed by atoms with Crippen molar-refractivity contribution in [1.82, 2.24) is 4.90 Å². The molecule has 0 aromatic heterocycles. The average Bonchev–Trinajstić information content (AvgIpc) is 2.48. The number of rotatable bonds is 0. The third-order valence-corrected chi connectivity index (χ3v) is 3.64. The van der Waals surface area contributed by atoms with Gasteiger partial charge in [0.15, 0.2) is 0 Å². The highest BCUT2D eigenvalue weighted by atomic mass is 35.5. The predicted molar refractivity (Wildman–Crippen MR) is 79.6 cm³/mol. The van der Waals surface area contributed by atoms with Crippen LogP contribution in [0.2, 0.25) is 5.02 Å². The SMILES string of the molecule is CC(C)(C)OC(=O)N1CC[C@H](N)c2cc(F)cc(Cl)c2C1. The number of carbonyl (C=O) groups excluding carboxylic acids is 1. The number of hydrogen-bond donors (Lipinski definition) is 1. The number of ether oxygens (including phenoxy) is 1. The Morgan fingerprint density at radius 2 is 2.14 bits per heavy atom. The Bertz CT molecular complexity index is 557. The number of amides is 1.